The van der Waals surface area contributed by atoms with E-state index in [1.165, 1.54) is 0 Å². The minimum atomic E-state index is -1.23. The van der Waals surface area contributed by atoms with Crippen molar-refractivity contribution in [2.75, 3.05) is 18.4 Å². The highest BCUT2D eigenvalue weighted by molar-refractivity contribution is 6.14. The van der Waals surface area contributed by atoms with E-state index >= 15 is 0 Å². The molecule has 0 saturated heterocycles. The number of carboxylic acids is 1. The van der Waals surface area contributed by atoms with Gasteiger partial charge in [0.05, 0.1) is 24.5 Å². The molecule has 0 saturated carbocycles. The van der Waals surface area contributed by atoms with Gasteiger partial charge in [-0.3, -0.25) is 43.3 Å². The summed E-state index contributed by atoms with van der Waals surface area (Å²) in [6.45, 7) is -0.351. The largest absolute Gasteiger partial charge is 0.480 e. The summed E-state index contributed by atoms with van der Waals surface area (Å²) < 4.78 is 4.82. The normalized spacial score (nSPS) is 13.6. The van der Waals surface area contributed by atoms with Crippen LogP contribution in [0.15, 0.2) is 70.9 Å². The Kier molecular flexibility index (Phi) is 14.6. The molecule has 5 N–H and O–H groups in total. The number of amides is 4. The van der Waals surface area contributed by atoms with Gasteiger partial charge in [-0.1, -0.05) is 12.1 Å². The number of aliphatic carboxylic acids is 1. The lowest BCUT2D eigenvalue weighted by molar-refractivity contribution is -0.142. The number of nitrogens with one attached hydrogen (secondary N) is 2. The number of ether oxygens (including phenoxy) is 1. The van der Waals surface area contributed by atoms with Gasteiger partial charge in [0, 0.05) is 49.9 Å². The number of carbonyl (C=O) groups is 8. The van der Waals surface area contributed by atoms with Gasteiger partial charge in [-0.15, -0.1) is 0 Å². The molecule has 0 aromatic heterocycles. The highest BCUT2D eigenvalue weighted by atomic mass is 16.5. The third-order valence-electron chi connectivity index (χ3n) is 7.13. The number of anilines is 1. The maximum Gasteiger partial charge on any atom is 0.320 e. The molecule has 1 unspecified atom stereocenters. The Labute approximate surface area is 280 Å². The predicted octanol–water partition coefficient (Wildman–Crippen LogP) is 2.06. The summed E-state index contributed by atoms with van der Waals surface area (Å²) in [7, 11) is 0. The molecule has 258 valence electrons. The number of azo groups is 1. The van der Waals surface area contributed by atoms with Gasteiger partial charge < -0.3 is 26.2 Å². The molecule has 1 aliphatic rings. The van der Waals surface area contributed by atoms with Crippen LogP contribution in [0, 0.1) is 0 Å². The van der Waals surface area contributed by atoms with E-state index < -0.39 is 41.7 Å². The number of carbonyl (C=O) groups excluding carboxylic acids is 7. The van der Waals surface area contributed by atoms with Crippen LogP contribution in [-0.4, -0.2) is 82.9 Å². The van der Waals surface area contributed by atoms with Crippen LogP contribution in [0.4, 0.5) is 17.1 Å². The molecule has 49 heavy (non-hydrogen) atoms. The van der Waals surface area contributed by atoms with Crippen molar-refractivity contribution < 1.29 is 48.2 Å². The van der Waals surface area contributed by atoms with E-state index in [4.69, 9.17) is 15.6 Å². The quantitative estimate of drug-likeness (QED) is 0.0847. The van der Waals surface area contributed by atoms with E-state index in [-0.39, 0.29) is 76.1 Å². The number of ketones is 2. The molecule has 0 spiro atoms. The molecule has 16 heteroatoms. The minimum absolute atomic E-state index is 0.0198. The van der Waals surface area contributed by atoms with E-state index in [0.717, 1.165) is 17.1 Å². The zero-order chi connectivity index (χ0) is 35.8. The molecule has 1 aliphatic heterocycles. The minimum Gasteiger partial charge on any atom is -0.480 e. The summed E-state index contributed by atoms with van der Waals surface area (Å²) >= 11 is 0. The van der Waals surface area contributed by atoms with Crippen molar-refractivity contribution >= 4 is 64.7 Å². The summed E-state index contributed by atoms with van der Waals surface area (Å²) in [5.41, 5.74) is 7.66. The lowest BCUT2D eigenvalue weighted by Crippen LogP contribution is -2.35. The first kappa shape index (κ1) is 37.6. The molecule has 16 nitrogen and oxygen atoms in total. The van der Waals surface area contributed by atoms with Gasteiger partial charge in [0.1, 0.15) is 12.1 Å². The third kappa shape index (κ3) is 13.4. The fourth-order valence-electron chi connectivity index (χ4n) is 4.50. The Balaban J connectivity index is 1.33. The van der Waals surface area contributed by atoms with Gasteiger partial charge in [0.25, 0.3) is 18.3 Å². The molecule has 4 amide bonds. The third-order valence-corrected chi connectivity index (χ3v) is 7.13. The van der Waals surface area contributed by atoms with E-state index in [0.29, 0.717) is 22.6 Å². The van der Waals surface area contributed by atoms with E-state index in [2.05, 4.69) is 20.9 Å². The van der Waals surface area contributed by atoms with Crippen molar-refractivity contribution in [2.24, 2.45) is 16.0 Å². The molecule has 1 heterocycles. The van der Waals surface area contributed by atoms with Gasteiger partial charge in [-0.25, -0.2) is 0 Å². The Bertz CT molecular complexity index is 1590. The first-order valence-electron chi connectivity index (χ1n) is 15.2. The Morgan fingerprint density at radius 1 is 0.857 bits per heavy atom. The summed E-state index contributed by atoms with van der Waals surface area (Å²) in [5, 5.41) is 22.3. The molecule has 2 aromatic carbocycles. The molecule has 0 radical (unpaired) electrons. The van der Waals surface area contributed by atoms with Gasteiger partial charge >= 0.3 is 5.97 Å². The predicted molar refractivity (Wildman–Crippen MR) is 173 cm³/mol. The highest BCUT2D eigenvalue weighted by Gasteiger charge is 2.25. The Morgan fingerprint density at radius 3 is 2.06 bits per heavy atom. The zero-order valence-corrected chi connectivity index (χ0v) is 26.4. The fourth-order valence-corrected chi connectivity index (χ4v) is 4.50. The van der Waals surface area contributed by atoms with Crippen LogP contribution in [-0.2, 0) is 49.5 Å². The van der Waals surface area contributed by atoms with Crippen LogP contribution in [0.5, 0.6) is 0 Å². The molecule has 0 bridgehead atoms. The number of hydrogen-bond acceptors (Lipinski definition) is 12. The van der Waals surface area contributed by atoms with E-state index in [9.17, 15) is 38.4 Å². The van der Waals surface area contributed by atoms with E-state index in [1.807, 2.05) is 0 Å². The van der Waals surface area contributed by atoms with Crippen molar-refractivity contribution in [3.63, 3.8) is 0 Å². The molecule has 2 atom stereocenters. The Morgan fingerprint density at radius 2 is 1.47 bits per heavy atom. The second-order valence-corrected chi connectivity index (χ2v) is 11.0. The second kappa shape index (κ2) is 19.0. The molecule has 3 rings (SSSR count). The Hall–Kier alpha value is -5.90. The number of carboxylic acid groups (broad SMARTS) is 1. The van der Waals surface area contributed by atoms with Crippen molar-refractivity contribution in [1.29, 1.82) is 0 Å². The summed E-state index contributed by atoms with van der Waals surface area (Å²) in [5.74, 6) is -3.70. The SMILES string of the molecule is N[C@@H](CC(CCCC(=O)NCC(=O)CCC(=O)Nc1ccc(N=Nc2ccc(CC(=O)CN3C(=O)C=CC3=O)cc2)cc1)OC=O)C(=O)O. The molecular weight excluding hydrogens is 640 g/mol. The number of Topliss-reactive ketones (excluding diaryl/α,β-unsaturated/α-hetero) is 2. The average molecular weight is 677 g/mol. The van der Waals surface area contributed by atoms with Crippen molar-refractivity contribution in [3.8, 4) is 0 Å². The number of nitrogens with two attached hydrogens (primary N) is 1. The summed E-state index contributed by atoms with van der Waals surface area (Å²) in [6.07, 6.45) is 1.79. The second-order valence-electron chi connectivity index (χ2n) is 11.0. The van der Waals surface area contributed by atoms with Crippen LogP contribution in [0.1, 0.15) is 44.1 Å². The summed E-state index contributed by atoms with van der Waals surface area (Å²) in [6, 6.07) is 12.0. The number of rotatable bonds is 21. The van der Waals surface area contributed by atoms with Gasteiger partial charge in [-0.05, 0) is 54.8 Å². The fraction of sp³-hybridized carbons (Fsp3) is 0.333. The molecule has 0 aliphatic carbocycles. The van der Waals surface area contributed by atoms with Crippen LogP contribution >= 0.6 is 0 Å². The van der Waals surface area contributed by atoms with E-state index in [1.54, 1.807) is 48.5 Å². The lowest BCUT2D eigenvalue weighted by atomic mass is 10.0. The van der Waals surface area contributed by atoms with Gasteiger partial charge in [-0.2, -0.15) is 10.2 Å². The van der Waals surface area contributed by atoms with Gasteiger partial charge in [0.15, 0.2) is 11.6 Å². The number of benzene rings is 2. The summed E-state index contributed by atoms with van der Waals surface area (Å²) in [4.78, 5) is 94.4. The standard InChI is InChI=1S/C33H36N6O10/c34-28(33(47)48)17-27(49-20-40)2-1-3-29(43)35-18-25(41)12-13-30(44)36-22-8-10-24(11-9-22)38-37-23-6-4-21(5-7-23)16-26(42)19-39-31(45)14-15-32(39)46/h4-11,14-15,20,27-28H,1-3,12-13,16-19,34H2,(H,35,43)(H,36,44)(H,47,48)/t27?,28-/m0/s1. The number of imide groups is 1. The number of hydrogen-bond donors (Lipinski definition) is 4. The first-order valence-corrected chi connectivity index (χ1v) is 15.2. The maximum atomic E-state index is 12.3. The monoisotopic (exact) mass is 676 g/mol. The van der Waals surface area contributed by atoms with Crippen LogP contribution in [0.2, 0.25) is 0 Å². The lowest BCUT2D eigenvalue weighted by Gasteiger charge is -2.17. The average Bonchev–Trinajstić information content (AvgIpc) is 3.38. The highest BCUT2D eigenvalue weighted by Crippen LogP contribution is 2.21. The van der Waals surface area contributed by atoms with Crippen LogP contribution in [0.3, 0.4) is 0 Å². The molecule has 2 aromatic rings. The molecule has 0 fully saturated rings. The number of nitrogens with zero attached hydrogens (tertiary/aromatic N) is 3. The van der Waals surface area contributed by atoms with Crippen molar-refractivity contribution in [1.82, 2.24) is 10.2 Å². The zero-order valence-electron chi connectivity index (χ0n) is 26.4. The van der Waals surface area contributed by atoms with Crippen molar-refractivity contribution in [3.05, 3.63) is 66.2 Å². The smallest absolute Gasteiger partial charge is 0.320 e. The molecular formula is C33H36N6O10. The first-order chi connectivity index (χ1) is 23.4. The van der Waals surface area contributed by atoms with Crippen LogP contribution in [0.25, 0.3) is 0 Å². The van der Waals surface area contributed by atoms with Crippen LogP contribution < -0.4 is 16.4 Å². The van der Waals surface area contributed by atoms with Crippen molar-refractivity contribution in [2.45, 2.75) is 57.1 Å². The van der Waals surface area contributed by atoms with Gasteiger partial charge in [0.2, 0.25) is 11.8 Å². The maximum absolute atomic E-state index is 12.3. The topological polar surface area (TPSA) is 244 Å².